The molecule has 3 aromatic heterocycles. The fourth-order valence-electron chi connectivity index (χ4n) is 3.77. The average molecular weight is 371 g/mol. The molecule has 3 aromatic rings. The Kier molecular flexibility index (Phi) is 5.11. The van der Waals surface area contributed by atoms with E-state index in [1.54, 1.807) is 0 Å². The minimum absolute atomic E-state index is 0.625. The standard InChI is InChI=1S/C21H26N2S2/c1-15(2)23-11-3-5-16-9-13-24-20(16)18-7-8-19(22-18)21-17(6-4-12-23)10-14-25-21/h7-10,13-15,22H,3-6,11-12H2,1-2H3. The van der Waals surface area contributed by atoms with Gasteiger partial charge in [0.05, 0.1) is 21.1 Å². The van der Waals surface area contributed by atoms with Crippen LogP contribution in [0.3, 0.4) is 0 Å². The highest BCUT2D eigenvalue weighted by Crippen LogP contribution is 2.35. The van der Waals surface area contributed by atoms with Gasteiger partial charge in [0.25, 0.3) is 0 Å². The molecule has 2 bridgehead atoms. The maximum absolute atomic E-state index is 3.69. The zero-order chi connectivity index (χ0) is 17.2. The molecule has 0 saturated carbocycles. The van der Waals surface area contributed by atoms with Crippen LogP contribution in [0.25, 0.3) is 21.1 Å². The van der Waals surface area contributed by atoms with Crippen LogP contribution in [-0.2, 0) is 12.8 Å². The zero-order valence-electron chi connectivity index (χ0n) is 15.0. The van der Waals surface area contributed by atoms with Gasteiger partial charge in [-0.15, -0.1) is 22.7 Å². The van der Waals surface area contributed by atoms with Gasteiger partial charge in [0.15, 0.2) is 0 Å². The zero-order valence-corrected chi connectivity index (χ0v) is 16.7. The summed E-state index contributed by atoms with van der Waals surface area (Å²) >= 11 is 3.72. The highest BCUT2D eigenvalue weighted by atomic mass is 32.1. The summed E-state index contributed by atoms with van der Waals surface area (Å²) < 4.78 is 0. The van der Waals surface area contributed by atoms with E-state index in [0.717, 1.165) is 0 Å². The van der Waals surface area contributed by atoms with Gasteiger partial charge >= 0.3 is 0 Å². The lowest BCUT2D eigenvalue weighted by Crippen LogP contribution is -2.33. The molecule has 1 aliphatic rings. The molecule has 0 radical (unpaired) electrons. The summed E-state index contributed by atoms with van der Waals surface area (Å²) in [6.45, 7) is 7.04. The van der Waals surface area contributed by atoms with Crippen LogP contribution in [0.5, 0.6) is 0 Å². The van der Waals surface area contributed by atoms with Crippen LogP contribution in [0.2, 0.25) is 0 Å². The molecule has 1 N–H and O–H groups in total. The molecule has 1 aliphatic heterocycles. The summed E-state index contributed by atoms with van der Waals surface area (Å²) in [7, 11) is 0. The van der Waals surface area contributed by atoms with Crippen LogP contribution in [-0.4, -0.2) is 29.0 Å². The maximum Gasteiger partial charge on any atom is 0.0563 e. The molecule has 0 fully saturated rings. The van der Waals surface area contributed by atoms with E-state index in [2.05, 4.69) is 58.8 Å². The highest BCUT2D eigenvalue weighted by Gasteiger charge is 2.16. The number of hydrogen-bond donors (Lipinski definition) is 1. The molecule has 132 valence electrons. The van der Waals surface area contributed by atoms with Crippen molar-refractivity contribution in [2.45, 2.75) is 45.6 Å². The summed E-state index contributed by atoms with van der Waals surface area (Å²) in [5.41, 5.74) is 5.53. The minimum atomic E-state index is 0.625. The van der Waals surface area contributed by atoms with E-state index < -0.39 is 0 Å². The normalized spacial score (nSPS) is 16.4. The van der Waals surface area contributed by atoms with Crippen molar-refractivity contribution < 1.29 is 0 Å². The Morgan fingerprint density at radius 1 is 0.840 bits per heavy atom. The first-order valence-electron chi connectivity index (χ1n) is 9.29. The second-order valence-corrected chi connectivity index (χ2v) is 9.00. The Labute approximate surface area is 158 Å². The summed E-state index contributed by atoms with van der Waals surface area (Å²) in [6, 6.07) is 9.76. The molecule has 0 aliphatic carbocycles. The minimum Gasteiger partial charge on any atom is -0.353 e. The van der Waals surface area contributed by atoms with Crippen molar-refractivity contribution in [3.05, 3.63) is 46.2 Å². The van der Waals surface area contributed by atoms with Gasteiger partial charge in [0.2, 0.25) is 0 Å². The first kappa shape index (κ1) is 17.1. The molecule has 2 nitrogen and oxygen atoms in total. The SMILES string of the molecule is CC(C)N1CCCc2ccsc2-c2ccc([nH]2)-c2sccc2CCC1. The summed E-state index contributed by atoms with van der Waals surface area (Å²) in [5.74, 6) is 0. The summed E-state index contributed by atoms with van der Waals surface area (Å²) in [4.78, 5) is 9.17. The summed E-state index contributed by atoms with van der Waals surface area (Å²) in [5, 5.41) is 4.47. The number of hydrogen-bond acceptors (Lipinski definition) is 3. The lowest BCUT2D eigenvalue weighted by atomic mass is 10.1. The quantitative estimate of drug-likeness (QED) is 0.551. The smallest absolute Gasteiger partial charge is 0.0563 e. The Morgan fingerprint density at radius 3 is 1.84 bits per heavy atom. The first-order chi connectivity index (χ1) is 12.2. The topological polar surface area (TPSA) is 19.0 Å². The fraction of sp³-hybridized carbons (Fsp3) is 0.429. The van der Waals surface area contributed by atoms with Crippen LogP contribution in [0.4, 0.5) is 0 Å². The molecule has 0 spiro atoms. The Bertz CT molecular complexity index is 762. The van der Waals surface area contributed by atoms with E-state index in [1.807, 2.05) is 22.7 Å². The van der Waals surface area contributed by atoms with E-state index in [1.165, 1.54) is 71.0 Å². The van der Waals surface area contributed by atoms with Gasteiger partial charge in [-0.05, 0) is 98.8 Å². The number of H-pyrrole nitrogens is 1. The van der Waals surface area contributed by atoms with Gasteiger partial charge in [-0.1, -0.05) is 0 Å². The number of thiophene rings is 2. The van der Waals surface area contributed by atoms with E-state index in [9.17, 15) is 0 Å². The van der Waals surface area contributed by atoms with Crippen molar-refractivity contribution >= 4 is 22.7 Å². The molecule has 0 aromatic carbocycles. The third-order valence-corrected chi connectivity index (χ3v) is 7.16. The van der Waals surface area contributed by atoms with Crippen LogP contribution >= 0.6 is 22.7 Å². The Morgan fingerprint density at radius 2 is 1.36 bits per heavy atom. The maximum atomic E-state index is 3.69. The first-order valence-corrected chi connectivity index (χ1v) is 11.0. The number of aryl methyl sites for hydroxylation is 2. The van der Waals surface area contributed by atoms with Gasteiger partial charge in [-0.25, -0.2) is 0 Å². The summed E-state index contributed by atoms with van der Waals surface area (Å²) in [6.07, 6.45) is 4.81. The lowest BCUT2D eigenvalue weighted by Gasteiger charge is -2.26. The van der Waals surface area contributed by atoms with Crippen molar-refractivity contribution in [1.29, 1.82) is 0 Å². The largest absolute Gasteiger partial charge is 0.353 e. The molecule has 4 rings (SSSR count). The molecule has 0 unspecified atom stereocenters. The number of fused-ring (bicyclic) bond motifs is 6. The van der Waals surface area contributed by atoms with Crippen LogP contribution in [0.1, 0.15) is 37.8 Å². The predicted octanol–water partition coefficient (Wildman–Crippen LogP) is 6.06. The van der Waals surface area contributed by atoms with E-state index >= 15 is 0 Å². The van der Waals surface area contributed by atoms with Crippen molar-refractivity contribution in [3.8, 4) is 21.1 Å². The second kappa shape index (κ2) is 7.48. The average Bonchev–Trinajstić information content (AvgIpc) is 3.32. The van der Waals surface area contributed by atoms with Crippen LogP contribution in [0, 0.1) is 0 Å². The third kappa shape index (κ3) is 3.62. The van der Waals surface area contributed by atoms with Crippen molar-refractivity contribution in [1.82, 2.24) is 9.88 Å². The molecule has 0 saturated heterocycles. The number of nitrogens with one attached hydrogen (secondary N) is 1. The number of aromatic amines is 1. The van der Waals surface area contributed by atoms with Crippen molar-refractivity contribution in [3.63, 3.8) is 0 Å². The van der Waals surface area contributed by atoms with Gasteiger partial charge in [0.1, 0.15) is 0 Å². The molecule has 4 heteroatoms. The molecular weight excluding hydrogens is 344 g/mol. The second-order valence-electron chi connectivity index (χ2n) is 7.17. The number of nitrogens with zero attached hydrogens (tertiary/aromatic N) is 1. The highest BCUT2D eigenvalue weighted by molar-refractivity contribution is 7.14. The van der Waals surface area contributed by atoms with Crippen LogP contribution in [0.15, 0.2) is 35.0 Å². The van der Waals surface area contributed by atoms with E-state index in [0.29, 0.717) is 6.04 Å². The lowest BCUT2D eigenvalue weighted by molar-refractivity contribution is 0.217. The predicted molar refractivity (Wildman–Crippen MR) is 111 cm³/mol. The van der Waals surface area contributed by atoms with Crippen molar-refractivity contribution in [2.75, 3.05) is 13.1 Å². The number of aromatic nitrogens is 1. The molecule has 25 heavy (non-hydrogen) atoms. The van der Waals surface area contributed by atoms with E-state index in [4.69, 9.17) is 0 Å². The Hall–Kier alpha value is -1.36. The van der Waals surface area contributed by atoms with Crippen molar-refractivity contribution in [2.24, 2.45) is 0 Å². The number of rotatable bonds is 1. The fourth-order valence-corrected chi connectivity index (χ4v) is 5.64. The molecule has 0 atom stereocenters. The van der Waals surface area contributed by atoms with Gasteiger partial charge in [-0.3, -0.25) is 0 Å². The monoisotopic (exact) mass is 370 g/mol. The third-order valence-electron chi connectivity index (χ3n) is 5.18. The van der Waals surface area contributed by atoms with Crippen LogP contribution < -0.4 is 0 Å². The van der Waals surface area contributed by atoms with E-state index in [-0.39, 0.29) is 0 Å². The van der Waals surface area contributed by atoms with Gasteiger partial charge < -0.3 is 9.88 Å². The molecule has 4 heterocycles. The molecular formula is C21H26N2S2. The van der Waals surface area contributed by atoms with Gasteiger partial charge in [0, 0.05) is 6.04 Å². The molecule has 0 amide bonds. The Balaban J connectivity index is 1.70. The van der Waals surface area contributed by atoms with Gasteiger partial charge in [-0.2, -0.15) is 0 Å².